The third-order valence-electron chi connectivity index (χ3n) is 7.41. The van der Waals surface area contributed by atoms with E-state index in [0.717, 1.165) is 60.8 Å². The van der Waals surface area contributed by atoms with Gasteiger partial charge < -0.3 is 23.8 Å². The number of allylic oxidation sites excluding steroid dienone is 1. The van der Waals surface area contributed by atoms with Gasteiger partial charge in [0.05, 0.1) is 37.9 Å². The fraction of sp³-hybridized carbons (Fsp3) is 0.323. The number of fused-ring (bicyclic) bond motifs is 1. The normalized spacial score (nSPS) is 19.1. The van der Waals surface area contributed by atoms with Crippen molar-refractivity contribution in [2.45, 2.75) is 31.4 Å². The van der Waals surface area contributed by atoms with E-state index < -0.39 is 0 Å². The summed E-state index contributed by atoms with van der Waals surface area (Å²) in [7, 11) is 1.57. The highest BCUT2D eigenvalue weighted by molar-refractivity contribution is 6.33. The Kier molecular flexibility index (Phi) is 8.07. The molecule has 2 atom stereocenters. The first-order chi connectivity index (χ1) is 20.1. The van der Waals surface area contributed by atoms with Crippen LogP contribution in [0.4, 0.5) is 0 Å². The molecule has 0 aliphatic carbocycles. The highest BCUT2D eigenvalue weighted by Crippen LogP contribution is 2.39. The van der Waals surface area contributed by atoms with E-state index >= 15 is 0 Å². The fourth-order valence-electron chi connectivity index (χ4n) is 5.41. The van der Waals surface area contributed by atoms with E-state index in [1.165, 1.54) is 6.08 Å². The van der Waals surface area contributed by atoms with E-state index in [1.54, 1.807) is 25.4 Å². The molecule has 1 unspecified atom stereocenters. The minimum atomic E-state index is -0.0209. The molecule has 2 aromatic heterocycles. The molecule has 41 heavy (non-hydrogen) atoms. The van der Waals surface area contributed by atoms with E-state index in [0.29, 0.717) is 41.2 Å². The molecule has 212 valence electrons. The van der Waals surface area contributed by atoms with Crippen LogP contribution in [0.3, 0.4) is 0 Å². The summed E-state index contributed by atoms with van der Waals surface area (Å²) in [6.45, 7) is 2.89. The van der Waals surface area contributed by atoms with Crippen molar-refractivity contribution < 1.29 is 23.7 Å². The Balaban J connectivity index is 1.36. The van der Waals surface area contributed by atoms with E-state index in [4.69, 9.17) is 35.6 Å². The minimum Gasteiger partial charge on any atom is -0.495 e. The number of hydrogen-bond acceptors (Lipinski definition) is 8. The number of methoxy groups -OCH3 is 1. The number of hydrogen-bond donors (Lipinski definition) is 0. The predicted octanol–water partition coefficient (Wildman–Crippen LogP) is 6.07. The van der Waals surface area contributed by atoms with Crippen LogP contribution >= 0.6 is 11.6 Å². The quantitative estimate of drug-likeness (QED) is 0.176. The third-order valence-corrected chi connectivity index (χ3v) is 7.78. The zero-order chi connectivity index (χ0) is 28.2. The zero-order valence-electron chi connectivity index (χ0n) is 22.7. The van der Waals surface area contributed by atoms with Gasteiger partial charge in [-0.15, -0.1) is 0 Å². The maximum Gasteiger partial charge on any atom is 0.164 e. The second-order valence-corrected chi connectivity index (χ2v) is 10.5. The summed E-state index contributed by atoms with van der Waals surface area (Å²) in [6.07, 6.45) is 10.6. The average molecular weight is 575 g/mol. The number of carbonyl (C=O) groups is 1. The lowest BCUT2D eigenvalue weighted by atomic mass is 10.1. The van der Waals surface area contributed by atoms with Gasteiger partial charge in [0.1, 0.15) is 45.9 Å². The molecule has 0 spiro atoms. The monoisotopic (exact) mass is 574 g/mol. The Morgan fingerprint density at radius 1 is 1.07 bits per heavy atom. The lowest BCUT2D eigenvalue weighted by Gasteiger charge is -2.32. The van der Waals surface area contributed by atoms with Crippen LogP contribution in [0.5, 0.6) is 23.0 Å². The standard InChI is InChI=1S/C31H31ClN4O5/c1-38-26-6-2-7-27(29(26)32)40-23-10-8-21(9-11-23)30-25-17-33-18-28(41-24-12-16-39-20-24)31(25)36(34-30)22-5-3-13-35(19-22)14-4-15-37/h2,4,6-11,14-15,17-18,22,24H,3,5,12-13,16,19-20H2,1H3/t22-,24?/m1/s1. The second kappa shape index (κ2) is 12.2. The number of aromatic nitrogens is 3. The molecule has 2 aliphatic rings. The SMILES string of the molecule is COc1cccc(Oc2ccc(-c3nn([C@@H]4CCCN(C=CC=O)C4)c4c(OC5CCOC5)cncc34)cc2)c1Cl. The van der Waals surface area contributed by atoms with Crippen LogP contribution in [-0.4, -0.2) is 65.5 Å². The van der Waals surface area contributed by atoms with Gasteiger partial charge in [0, 0.05) is 37.5 Å². The highest BCUT2D eigenvalue weighted by atomic mass is 35.5. The van der Waals surface area contributed by atoms with Crippen molar-refractivity contribution >= 4 is 28.8 Å². The van der Waals surface area contributed by atoms with Crippen LogP contribution < -0.4 is 14.2 Å². The number of piperidine rings is 1. The smallest absolute Gasteiger partial charge is 0.164 e. The van der Waals surface area contributed by atoms with E-state index in [1.807, 2.05) is 42.7 Å². The summed E-state index contributed by atoms with van der Waals surface area (Å²) in [5, 5.41) is 6.48. The van der Waals surface area contributed by atoms with Crippen molar-refractivity contribution in [1.82, 2.24) is 19.7 Å². The largest absolute Gasteiger partial charge is 0.495 e. The predicted molar refractivity (Wildman–Crippen MR) is 156 cm³/mol. The van der Waals surface area contributed by atoms with E-state index in [2.05, 4.69) is 14.6 Å². The third kappa shape index (κ3) is 5.73. The molecule has 6 rings (SSSR count). The molecule has 2 aromatic carbocycles. The molecule has 0 amide bonds. The van der Waals surface area contributed by atoms with Gasteiger partial charge in [-0.05, 0) is 55.3 Å². The summed E-state index contributed by atoms with van der Waals surface area (Å²) in [4.78, 5) is 17.6. The van der Waals surface area contributed by atoms with Crippen molar-refractivity contribution in [2.24, 2.45) is 0 Å². The Morgan fingerprint density at radius 3 is 2.71 bits per heavy atom. The van der Waals surface area contributed by atoms with Crippen molar-refractivity contribution in [3.05, 3.63) is 72.2 Å². The Hall–Kier alpha value is -4.08. The van der Waals surface area contributed by atoms with E-state index in [9.17, 15) is 4.79 Å². The number of carbonyl (C=O) groups excluding carboxylic acids is 1. The molecule has 4 aromatic rings. The number of rotatable bonds is 9. The zero-order valence-corrected chi connectivity index (χ0v) is 23.5. The lowest BCUT2D eigenvalue weighted by molar-refractivity contribution is -0.104. The van der Waals surface area contributed by atoms with Crippen LogP contribution in [0, 0.1) is 0 Å². The summed E-state index contributed by atoms with van der Waals surface area (Å²) >= 11 is 6.43. The van der Waals surface area contributed by atoms with Gasteiger partial charge in [-0.3, -0.25) is 14.5 Å². The average Bonchev–Trinajstić information content (AvgIpc) is 3.66. The number of pyridine rings is 1. The number of benzene rings is 2. The van der Waals surface area contributed by atoms with E-state index in [-0.39, 0.29) is 12.1 Å². The summed E-state index contributed by atoms with van der Waals surface area (Å²) in [5.41, 5.74) is 2.65. The first kappa shape index (κ1) is 27.1. The van der Waals surface area contributed by atoms with Gasteiger partial charge in [-0.2, -0.15) is 5.10 Å². The van der Waals surface area contributed by atoms with Crippen molar-refractivity contribution in [1.29, 1.82) is 0 Å². The molecule has 0 saturated carbocycles. The Morgan fingerprint density at radius 2 is 1.93 bits per heavy atom. The maximum atomic E-state index is 10.9. The lowest BCUT2D eigenvalue weighted by Crippen LogP contribution is -2.33. The topological polar surface area (TPSA) is 87.9 Å². The van der Waals surface area contributed by atoms with Crippen molar-refractivity contribution in [3.63, 3.8) is 0 Å². The van der Waals surface area contributed by atoms with Gasteiger partial charge >= 0.3 is 0 Å². The molecule has 2 saturated heterocycles. The molecule has 10 heteroatoms. The molecular weight excluding hydrogens is 544 g/mol. The molecule has 4 heterocycles. The van der Waals surface area contributed by atoms with Crippen LogP contribution in [0.25, 0.3) is 22.2 Å². The number of aldehydes is 1. The minimum absolute atomic E-state index is 0.0209. The Labute approximate surface area is 243 Å². The Bertz CT molecular complexity index is 1550. The molecule has 9 nitrogen and oxygen atoms in total. The number of likely N-dealkylation sites (tertiary alicyclic amines) is 1. The molecular formula is C31H31ClN4O5. The van der Waals surface area contributed by atoms with Crippen LogP contribution in [0.2, 0.25) is 5.02 Å². The maximum absolute atomic E-state index is 10.9. The highest BCUT2D eigenvalue weighted by Gasteiger charge is 2.27. The molecule has 0 bridgehead atoms. The van der Waals surface area contributed by atoms with Gasteiger partial charge in [0.2, 0.25) is 0 Å². The van der Waals surface area contributed by atoms with Crippen molar-refractivity contribution in [3.8, 4) is 34.3 Å². The van der Waals surface area contributed by atoms with Crippen LogP contribution in [0.1, 0.15) is 25.3 Å². The number of nitrogens with zero attached hydrogens (tertiary/aromatic N) is 4. The van der Waals surface area contributed by atoms with Gasteiger partial charge in [-0.25, -0.2) is 0 Å². The van der Waals surface area contributed by atoms with Crippen molar-refractivity contribution in [2.75, 3.05) is 33.4 Å². The summed E-state index contributed by atoms with van der Waals surface area (Å²) in [6, 6.07) is 13.3. The summed E-state index contributed by atoms with van der Waals surface area (Å²) in [5.74, 6) is 2.40. The molecule has 0 N–H and O–H groups in total. The number of halogens is 1. The first-order valence-corrected chi connectivity index (χ1v) is 14.1. The fourth-order valence-corrected chi connectivity index (χ4v) is 5.66. The van der Waals surface area contributed by atoms with Gasteiger partial charge in [0.25, 0.3) is 0 Å². The first-order valence-electron chi connectivity index (χ1n) is 13.7. The van der Waals surface area contributed by atoms with Crippen LogP contribution in [0.15, 0.2) is 67.1 Å². The van der Waals surface area contributed by atoms with Gasteiger partial charge in [-0.1, -0.05) is 17.7 Å². The van der Waals surface area contributed by atoms with Crippen LogP contribution in [-0.2, 0) is 9.53 Å². The van der Waals surface area contributed by atoms with Gasteiger partial charge in [0.15, 0.2) is 5.75 Å². The summed E-state index contributed by atoms with van der Waals surface area (Å²) < 4.78 is 25.4. The second-order valence-electron chi connectivity index (χ2n) is 10.1. The molecule has 0 radical (unpaired) electrons. The molecule has 2 aliphatic heterocycles. The molecule has 2 fully saturated rings. The number of ether oxygens (including phenoxy) is 4.